The number of carbonyl (C=O) groups is 1. The number of carboxylic acids is 1. The number of ether oxygens (including phenoxy) is 1. The SMILES string of the molecule is CC(C)c1ccccc1OC(Cc1cccc2ccccc12)C(=O)O. The molecule has 25 heavy (non-hydrogen) atoms. The van der Waals surface area contributed by atoms with Gasteiger partial charge < -0.3 is 9.84 Å². The van der Waals surface area contributed by atoms with E-state index in [2.05, 4.69) is 13.8 Å². The largest absolute Gasteiger partial charge is 0.478 e. The highest BCUT2D eigenvalue weighted by Crippen LogP contribution is 2.28. The number of benzene rings is 3. The van der Waals surface area contributed by atoms with Gasteiger partial charge in [0.25, 0.3) is 0 Å². The van der Waals surface area contributed by atoms with Crippen molar-refractivity contribution in [3.05, 3.63) is 77.9 Å². The average Bonchev–Trinajstić information content (AvgIpc) is 2.61. The average molecular weight is 334 g/mol. The van der Waals surface area contributed by atoms with Crippen molar-refractivity contribution in [1.82, 2.24) is 0 Å². The van der Waals surface area contributed by atoms with Crippen LogP contribution in [0.5, 0.6) is 5.75 Å². The molecule has 0 spiro atoms. The summed E-state index contributed by atoms with van der Waals surface area (Å²) < 4.78 is 5.92. The molecule has 0 aliphatic heterocycles. The second-order valence-corrected chi connectivity index (χ2v) is 6.48. The van der Waals surface area contributed by atoms with Crippen LogP contribution in [0.1, 0.15) is 30.9 Å². The van der Waals surface area contributed by atoms with Gasteiger partial charge in [-0.25, -0.2) is 4.79 Å². The molecule has 0 aliphatic carbocycles. The molecule has 3 heteroatoms. The van der Waals surface area contributed by atoms with Crippen LogP contribution in [0.25, 0.3) is 10.8 Å². The monoisotopic (exact) mass is 334 g/mol. The highest BCUT2D eigenvalue weighted by molar-refractivity contribution is 5.86. The fourth-order valence-electron chi connectivity index (χ4n) is 3.07. The van der Waals surface area contributed by atoms with Crippen molar-refractivity contribution in [3.8, 4) is 5.75 Å². The van der Waals surface area contributed by atoms with Crippen molar-refractivity contribution in [2.45, 2.75) is 32.3 Å². The number of rotatable bonds is 6. The van der Waals surface area contributed by atoms with E-state index in [0.717, 1.165) is 21.9 Å². The van der Waals surface area contributed by atoms with Gasteiger partial charge in [-0.15, -0.1) is 0 Å². The molecule has 3 aromatic carbocycles. The van der Waals surface area contributed by atoms with Crippen LogP contribution in [0.2, 0.25) is 0 Å². The molecule has 0 saturated carbocycles. The topological polar surface area (TPSA) is 46.5 Å². The highest BCUT2D eigenvalue weighted by atomic mass is 16.5. The standard InChI is InChI=1S/C22H22O3/c1-15(2)18-11-5-6-13-20(18)25-21(22(23)24)14-17-10-7-9-16-8-3-4-12-19(16)17/h3-13,15,21H,14H2,1-2H3,(H,23,24). The number of fused-ring (bicyclic) bond motifs is 1. The van der Waals surface area contributed by atoms with E-state index < -0.39 is 12.1 Å². The number of hydrogen-bond donors (Lipinski definition) is 1. The zero-order chi connectivity index (χ0) is 17.8. The molecule has 0 radical (unpaired) electrons. The Morgan fingerprint density at radius 3 is 2.40 bits per heavy atom. The molecular weight excluding hydrogens is 312 g/mol. The van der Waals surface area contributed by atoms with Crippen LogP contribution in [-0.2, 0) is 11.2 Å². The summed E-state index contributed by atoms with van der Waals surface area (Å²) in [6.45, 7) is 4.14. The van der Waals surface area contributed by atoms with E-state index >= 15 is 0 Å². The molecule has 3 nitrogen and oxygen atoms in total. The van der Waals surface area contributed by atoms with Gasteiger partial charge in [-0.1, -0.05) is 74.5 Å². The maximum Gasteiger partial charge on any atom is 0.345 e. The third kappa shape index (κ3) is 3.82. The Balaban J connectivity index is 1.91. The van der Waals surface area contributed by atoms with E-state index in [4.69, 9.17) is 4.74 Å². The number of para-hydroxylation sites is 1. The predicted molar refractivity (Wildman–Crippen MR) is 100 cm³/mol. The van der Waals surface area contributed by atoms with E-state index in [1.54, 1.807) is 0 Å². The second kappa shape index (κ2) is 7.39. The summed E-state index contributed by atoms with van der Waals surface area (Å²) in [6.07, 6.45) is -0.603. The molecule has 3 rings (SSSR count). The van der Waals surface area contributed by atoms with Crippen molar-refractivity contribution in [3.63, 3.8) is 0 Å². The first kappa shape index (κ1) is 17.0. The molecule has 0 fully saturated rings. The minimum Gasteiger partial charge on any atom is -0.478 e. The van der Waals surface area contributed by atoms with Gasteiger partial charge in [0.15, 0.2) is 6.10 Å². The van der Waals surface area contributed by atoms with Gasteiger partial charge in [0.1, 0.15) is 5.75 Å². The first-order chi connectivity index (χ1) is 12.1. The molecule has 3 aromatic rings. The van der Waals surface area contributed by atoms with Crippen LogP contribution in [0, 0.1) is 0 Å². The first-order valence-corrected chi connectivity index (χ1v) is 8.51. The predicted octanol–water partition coefficient (Wildman–Crippen LogP) is 5.04. The van der Waals surface area contributed by atoms with E-state index in [9.17, 15) is 9.90 Å². The quantitative estimate of drug-likeness (QED) is 0.687. The summed E-state index contributed by atoms with van der Waals surface area (Å²) in [5.41, 5.74) is 2.00. The summed E-state index contributed by atoms with van der Waals surface area (Å²) in [6, 6.07) is 21.6. The van der Waals surface area contributed by atoms with Gasteiger partial charge in [-0.2, -0.15) is 0 Å². The van der Waals surface area contributed by atoms with Crippen molar-refractivity contribution in [1.29, 1.82) is 0 Å². The molecule has 0 aromatic heterocycles. The van der Waals surface area contributed by atoms with Gasteiger partial charge in [0.05, 0.1) is 0 Å². The van der Waals surface area contributed by atoms with Gasteiger partial charge in [0, 0.05) is 6.42 Å². The number of hydrogen-bond acceptors (Lipinski definition) is 2. The van der Waals surface area contributed by atoms with Crippen molar-refractivity contribution in [2.24, 2.45) is 0 Å². The molecule has 1 atom stereocenters. The molecule has 0 heterocycles. The van der Waals surface area contributed by atoms with Crippen molar-refractivity contribution in [2.75, 3.05) is 0 Å². The number of carboxylic acid groups (broad SMARTS) is 1. The molecule has 0 bridgehead atoms. The van der Waals surface area contributed by atoms with Crippen LogP contribution in [0.4, 0.5) is 0 Å². The van der Waals surface area contributed by atoms with Crippen molar-refractivity contribution < 1.29 is 14.6 Å². The first-order valence-electron chi connectivity index (χ1n) is 8.51. The lowest BCUT2D eigenvalue weighted by atomic mass is 9.99. The molecule has 0 aliphatic rings. The minimum atomic E-state index is -0.952. The van der Waals surface area contributed by atoms with Gasteiger partial charge >= 0.3 is 5.97 Å². The smallest absolute Gasteiger partial charge is 0.345 e. The highest BCUT2D eigenvalue weighted by Gasteiger charge is 2.22. The molecule has 1 unspecified atom stereocenters. The maximum atomic E-state index is 11.8. The van der Waals surface area contributed by atoms with Crippen LogP contribution < -0.4 is 4.74 Å². The summed E-state index contributed by atoms with van der Waals surface area (Å²) >= 11 is 0. The maximum absolute atomic E-state index is 11.8. The van der Waals surface area contributed by atoms with Gasteiger partial charge in [-0.3, -0.25) is 0 Å². The third-order valence-electron chi connectivity index (χ3n) is 4.37. The Kier molecular flexibility index (Phi) is 5.03. The molecule has 0 amide bonds. The minimum absolute atomic E-state index is 0.267. The Morgan fingerprint density at radius 1 is 0.960 bits per heavy atom. The Morgan fingerprint density at radius 2 is 1.64 bits per heavy atom. The Bertz CT molecular complexity index is 878. The van der Waals surface area contributed by atoms with Crippen LogP contribution in [0.15, 0.2) is 66.7 Å². The van der Waals surface area contributed by atoms with E-state index in [-0.39, 0.29) is 5.92 Å². The van der Waals surface area contributed by atoms with Crippen LogP contribution in [-0.4, -0.2) is 17.2 Å². The number of aliphatic carboxylic acids is 1. The van der Waals surface area contributed by atoms with Crippen LogP contribution in [0.3, 0.4) is 0 Å². The Hall–Kier alpha value is -2.81. The third-order valence-corrected chi connectivity index (χ3v) is 4.37. The molecule has 0 saturated heterocycles. The van der Waals surface area contributed by atoms with E-state index in [1.807, 2.05) is 66.7 Å². The lowest BCUT2D eigenvalue weighted by molar-refractivity contribution is -0.145. The summed E-state index contributed by atoms with van der Waals surface area (Å²) in [5.74, 6) is -0.0418. The van der Waals surface area contributed by atoms with Crippen LogP contribution >= 0.6 is 0 Å². The van der Waals surface area contributed by atoms with Gasteiger partial charge in [0.2, 0.25) is 0 Å². The molecule has 1 N–H and O–H groups in total. The lowest BCUT2D eigenvalue weighted by Crippen LogP contribution is -2.30. The van der Waals surface area contributed by atoms with Crippen molar-refractivity contribution >= 4 is 16.7 Å². The lowest BCUT2D eigenvalue weighted by Gasteiger charge is -2.20. The fourth-order valence-corrected chi connectivity index (χ4v) is 3.07. The zero-order valence-corrected chi connectivity index (χ0v) is 14.5. The second-order valence-electron chi connectivity index (χ2n) is 6.48. The summed E-state index contributed by atoms with van der Waals surface area (Å²) in [7, 11) is 0. The zero-order valence-electron chi connectivity index (χ0n) is 14.5. The molecular formula is C22H22O3. The Labute approximate surface area is 147 Å². The summed E-state index contributed by atoms with van der Waals surface area (Å²) in [5, 5.41) is 11.8. The summed E-state index contributed by atoms with van der Waals surface area (Å²) in [4.78, 5) is 11.8. The van der Waals surface area contributed by atoms with Gasteiger partial charge in [-0.05, 0) is 33.9 Å². The van der Waals surface area contributed by atoms with E-state index in [0.29, 0.717) is 12.2 Å². The normalized spacial score (nSPS) is 12.3. The molecule has 128 valence electrons. The fraction of sp³-hybridized carbons (Fsp3) is 0.227. The van der Waals surface area contributed by atoms with E-state index in [1.165, 1.54) is 0 Å².